The van der Waals surface area contributed by atoms with Gasteiger partial charge in [-0.2, -0.15) is 5.48 Å². The monoisotopic (exact) mass is 220 g/mol. The average molecular weight is 220 g/mol. The quantitative estimate of drug-likeness (QED) is 0.479. The van der Waals surface area contributed by atoms with Crippen LogP contribution in [0.4, 0.5) is 9.59 Å². The summed E-state index contributed by atoms with van der Waals surface area (Å²) in [6.45, 7) is 5.43. The Balaban J connectivity index is 3.44. The highest BCUT2D eigenvalue weighted by Gasteiger charge is 2.15. The van der Waals surface area contributed by atoms with Crippen molar-refractivity contribution in [2.75, 3.05) is 13.2 Å². The first-order valence-electron chi connectivity index (χ1n) is 4.39. The van der Waals surface area contributed by atoms with Crippen molar-refractivity contribution in [2.45, 2.75) is 26.4 Å². The molecule has 0 aliphatic rings. The second kappa shape index (κ2) is 6.07. The van der Waals surface area contributed by atoms with Crippen LogP contribution in [0.3, 0.4) is 0 Å². The summed E-state index contributed by atoms with van der Waals surface area (Å²) >= 11 is 0. The Kier molecular flexibility index (Phi) is 5.46. The lowest BCUT2D eigenvalue weighted by molar-refractivity contribution is 0.0351. The van der Waals surface area contributed by atoms with Gasteiger partial charge in [-0.05, 0) is 20.8 Å². The molecule has 7 heteroatoms. The Morgan fingerprint density at radius 3 is 2.40 bits per heavy atom. The zero-order chi connectivity index (χ0) is 11.9. The van der Waals surface area contributed by atoms with Crippen molar-refractivity contribution >= 4 is 12.2 Å². The molecule has 3 N–H and O–H groups in total. The summed E-state index contributed by atoms with van der Waals surface area (Å²) in [5.74, 6) is 0. The first kappa shape index (κ1) is 13.5. The van der Waals surface area contributed by atoms with Crippen LogP contribution in [0.1, 0.15) is 20.8 Å². The molecule has 0 radical (unpaired) electrons. The fourth-order valence-corrected chi connectivity index (χ4v) is 0.631. The van der Waals surface area contributed by atoms with E-state index < -0.39 is 17.8 Å². The Morgan fingerprint density at radius 2 is 1.93 bits per heavy atom. The van der Waals surface area contributed by atoms with Crippen LogP contribution in [-0.4, -0.2) is 36.0 Å². The second-order valence-electron chi connectivity index (χ2n) is 3.68. The summed E-state index contributed by atoms with van der Waals surface area (Å²) in [6.07, 6.45) is -1.85. The van der Waals surface area contributed by atoms with Gasteiger partial charge in [0, 0.05) is 6.54 Å². The van der Waals surface area contributed by atoms with E-state index >= 15 is 0 Å². The van der Waals surface area contributed by atoms with Gasteiger partial charge in [0.15, 0.2) is 0 Å². The summed E-state index contributed by atoms with van der Waals surface area (Å²) in [4.78, 5) is 25.4. The Hall–Kier alpha value is -1.50. The van der Waals surface area contributed by atoms with Crippen LogP contribution in [0.5, 0.6) is 0 Å². The third-order valence-corrected chi connectivity index (χ3v) is 1.03. The van der Waals surface area contributed by atoms with Gasteiger partial charge in [0.05, 0.1) is 6.61 Å². The number of amides is 2. The normalized spacial score (nSPS) is 10.6. The Labute approximate surface area is 87.7 Å². The lowest BCUT2D eigenvalue weighted by atomic mass is 10.2. The number of carbonyl (C=O) groups excluding carboxylic acids is 1. The van der Waals surface area contributed by atoms with Gasteiger partial charge in [-0.15, -0.1) is 0 Å². The van der Waals surface area contributed by atoms with E-state index in [1.54, 1.807) is 26.3 Å². The third-order valence-electron chi connectivity index (χ3n) is 1.03. The molecule has 0 saturated carbocycles. The predicted molar refractivity (Wildman–Crippen MR) is 51.3 cm³/mol. The largest absolute Gasteiger partial charge is 0.464 e. The molecule has 0 aliphatic carbocycles. The predicted octanol–water partition coefficient (Wildman–Crippen LogP) is 0.710. The number of carboxylic acid groups (broad SMARTS) is 1. The first-order chi connectivity index (χ1) is 6.81. The van der Waals surface area contributed by atoms with Gasteiger partial charge in [-0.1, -0.05) is 0 Å². The lowest BCUT2D eigenvalue weighted by Crippen LogP contribution is -2.35. The van der Waals surface area contributed by atoms with Gasteiger partial charge in [0.2, 0.25) is 0 Å². The summed E-state index contributed by atoms with van der Waals surface area (Å²) in [7, 11) is 0. The summed E-state index contributed by atoms with van der Waals surface area (Å²) in [5.41, 5.74) is 1.14. The van der Waals surface area contributed by atoms with Crippen LogP contribution in [-0.2, 0) is 9.57 Å². The van der Waals surface area contributed by atoms with Crippen molar-refractivity contribution < 1.29 is 24.3 Å². The maximum atomic E-state index is 11.0. The van der Waals surface area contributed by atoms with Gasteiger partial charge in [0.25, 0.3) is 0 Å². The minimum atomic E-state index is -1.28. The molecule has 0 aromatic rings. The molecule has 2 amide bonds. The Bertz CT molecular complexity index is 224. The van der Waals surface area contributed by atoms with Crippen molar-refractivity contribution in [1.29, 1.82) is 0 Å². The van der Waals surface area contributed by atoms with Crippen molar-refractivity contribution in [3.05, 3.63) is 0 Å². The summed E-state index contributed by atoms with van der Waals surface area (Å²) < 4.78 is 4.92. The molecule has 0 spiro atoms. The molecule has 0 saturated heterocycles. The number of alkyl carbamates (subject to hydrolysis) is 1. The smallest absolute Gasteiger partial charge is 0.428 e. The third kappa shape index (κ3) is 10.4. The highest BCUT2D eigenvalue weighted by molar-refractivity contribution is 5.67. The fraction of sp³-hybridized carbons (Fsp3) is 0.750. The molecule has 0 fully saturated rings. The van der Waals surface area contributed by atoms with E-state index in [4.69, 9.17) is 9.84 Å². The molecule has 15 heavy (non-hydrogen) atoms. The van der Waals surface area contributed by atoms with Crippen LogP contribution >= 0.6 is 0 Å². The average Bonchev–Trinajstić information content (AvgIpc) is 1.99. The molecule has 0 aliphatic heterocycles. The minimum Gasteiger partial charge on any atom is -0.464 e. The van der Waals surface area contributed by atoms with Gasteiger partial charge in [-0.25, -0.2) is 9.59 Å². The summed E-state index contributed by atoms with van der Waals surface area (Å²) in [6, 6.07) is 0. The zero-order valence-corrected chi connectivity index (χ0v) is 8.99. The van der Waals surface area contributed by atoms with Gasteiger partial charge < -0.3 is 15.2 Å². The molecule has 0 aromatic heterocycles. The van der Waals surface area contributed by atoms with Gasteiger partial charge in [0.1, 0.15) is 5.60 Å². The Morgan fingerprint density at radius 1 is 1.33 bits per heavy atom. The van der Waals surface area contributed by atoms with E-state index in [9.17, 15) is 9.59 Å². The molecule has 0 atom stereocenters. The number of rotatable bonds is 4. The van der Waals surface area contributed by atoms with Crippen LogP contribution < -0.4 is 10.8 Å². The first-order valence-corrected chi connectivity index (χ1v) is 4.39. The van der Waals surface area contributed by atoms with E-state index in [0.29, 0.717) is 0 Å². The van der Waals surface area contributed by atoms with E-state index in [-0.39, 0.29) is 13.2 Å². The molecule has 0 unspecified atom stereocenters. The molecule has 88 valence electrons. The molecule has 0 heterocycles. The van der Waals surface area contributed by atoms with Crippen LogP contribution in [0.2, 0.25) is 0 Å². The number of hydroxylamine groups is 1. The van der Waals surface area contributed by atoms with Crippen molar-refractivity contribution in [2.24, 2.45) is 0 Å². The maximum absolute atomic E-state index is 11.0. The minimum absolute atomic E-state index is 0.0333. The number of nitrogens with one attached hydrogen (secondary N) is 2. The number of ether oxygens (including phenoxy) is 1. The topological polar surface area (TPSA) is 96.9 Å². The van der Waals surface area contributed by atoms with Crippen LogP contribution in [0.15, 0.2) is 0 Å². The molecule has 7 nitrogen and oxygen atoms in total. The number of carbonyl (C=O) groups is 2. The molecule has 0 rings (SSSR count). The van der Waals surface area contributed by atoms with Gasteiger partial charge >= 0.3 is 12.2 Å². The lowest BCUT2D eigenvalue weighted by Gasteiger charge is -2.19. The van der Waals surface area contributed by atoms with E-state index in [2.05, 4.69) is 10.2 Å². The number of hydrogen-bond acceptors (Lipinski definition) is 4. The number of hydrogen-bond donors (Lipinski definition) is 3. The van der Waals surface area contributed by atoms with Crippen molar-refractivity contribution in [3.63, 3.8) is 0 Å². The van der Waals surface area contributed by atoms with Crippen LogP contribution in [0.25, 0.3) is 0 Å². The van der Waals surface area contributed by atoms with Crippen molar-refractivity contribution in [1.82, 2.24) is 10.8 Å². The maximum Gasteiger partial charge on any atom is 0.428 e. The highest BCUT2D eigenvalue weighted by Crippen LogP contribution is 2.05. The molecule has 0 aromatic carbocycles. The molecule has 0 bridgehead atoms. The zero-order valence-electron chi connectivity index (χ0n) is 8.99. The van der Waals surface area contributed by atoms with Crippen molar-refractivity contribution in [3.8, 4) is 0 Å². The highest BCUT2D eigenvalue weighted by atomic mass is 16.7. The SMILES string of the molecule is CC(C)(C)OC(=O)NCCONC(=O)O. The summed E-state index contributed by atoms with van der Waals surface area (Å²) in [5, 5.41) is 10.5. The standard InChI is InChI=1S/C8H16N2O5/c1-8(2,3)15-7(13)9-4-5-14-10-6(11)12/h10H,4-5H2,1-3H3,(H,9,13)(H,11,12). The second-order valence-corrected chi connectivity index (χ2v) is 3.68. The fourth-order valence-electron chi connectivity index (χ4n) is 0.631. The van der Waals surface area contributed by atoms with Crippen LogP contribution in [0, 0.1) is 0 Å². The molecular formula is C8H16N2O5. The van der Waals surface area contributed by atoms with E-state index in [1.165, 1.54) is 0 Å². The van der Waals surface area contributed by atoms with E-state index in [1.807, 2.05) is 0 Å². The van der Waals surface area contributed by atoms with E-state index in [0.717, 1.165) is 0 Å². The molecular weight excluding hydrogens is 204 g/mol. The van der Waals surface area contributed by atoms with Gasteiger partial charge in [-0.3, -0.25) is 4.84 Å².